The van der Waals surface area contributed by atoms with Crippen LogP contribution in [0.25, 0.3) is 11.8 Å². The molecule has 0 aliphatic carbocycles. The summed E-state index contributed by atoms with van der Waals surface area (Å²) in [5, 5.41) is 4.49. The number of amidine groups is 1. The van der Waals surface area contributed by atoms with E-state index in [1.807, 2.05) is 35.9 Å². The van der Waals surface area contributed by atoms with Crippen molar-refractivity contribution in [3.05, 3.63) is 83.2 Å². The molecule has 0 unspecified atom stereocenters. The monoisotopic (exact) mass is 519 g/mol. The molecule has 1 atom stereocenters. The molecule has 0 N–H and O–H groups in total. The van der Waals surface area contributed by atoms with E-state index in [4.69, 9.17) is 14.3 Å². The molecule has 3 heterocycles. The van der Waals surface area contributed by atoms with E-state index in [9.17, 15) is 9.18 Å². The van der Waals surface area contributed by atoms with Crippen LogP contribution in [0, 0.1) is 12.7 Å². The Morgan fingerprint density at radius 1 is 1.24 bits per heavy atom. The number of piperidine rings is 1. The third kappa shape index (κ3) is 4.57. The molecule has 1 saturated heterocycles. The number of hydrogen-bond donors (Lipinski definition) is 0. The molecule has 0 saturated carbocycles. The molecule has 1 aromatic heterocycles. The summed E-state index contributed by atoms with van der Waals surface area (Å²) in [5.41, 5.74) is 3.33. The highest BCUT2D eigenvalue weighted by molar-refractivity contribution is 6.03. The fourth-order valence-corrected chi connectivity index (χ4v) is 5.00. The topological polar surface area (TPSA) is 81.4 Å². The Morgan fingerprint density at radius 3 is 2.71 bits per heavy atom. The number of benzene rings is 2. The number of methoxy groups -OCH3 is 2. The van der Waals surface area contributed by atoms with Gasteiger partial charge in [-0.3, -0.25) is 0 Å². The number of oxime groups is 1. The van der Waals surface area contributed by atoms with Crippen LogP contribution in [0.2, 0.25) is 0 Å². The van der Waals surface area contributed by atoms with Crippen molar-refractivity contribution in [2.75, 3.05) is 34.4 Å². The Morgan fingerprint density at radius 2 is 2.03 bits per heavy atom. The number of ether oxygens (including phenoxy) is 2. The first-order valence-corrected chi connectivity index (χ1v) is 12.3. The van der Waals surface area contributed by atoms with Gasteiger partial charge in [0, 0.05) is 25.4 Å². The molecule has 1 fully saturated rings. The van der Waals surface area contributed by atoms with E-state index < -0.39 is 11.8 Å². The van der Waals surface area contributed by atoms with Crippen LogP contribution in [-0.2, 0) is 15.3 Å². The number of hydrogen-bond acceptors (Lipinski definition) is 7. The molecule has 10 heteroatoms. The Kier molecular flexibility index (Phi) is 6.79. The van der Waals surface area contributed by atoms with Crippen LogP contribution >= 0.6 is 0 Å². The van der Waals surface area contributed by atoms with E-state index in [1.165, 1.54) is 24.1 Å². The first kappa shape index (κ1) is 25.3. The van der Waals surface area contributed by atoms with E-state index in [2.05, 4.69) is 21.1 Å². The van der Waals surface area contributed by atoms with Crippen LogP contribution in [0.3, 0.4) is 0 Å². The molecule has 0 spiro atoms. The molecule has 2 aromatic carbocycles. The van der Waals surface area contributed by atoms with Gasteiger partial charge in [0.15, 0.2) is 5.84 Å². The molecule has 38 heavy (non-hydrogen) atoms. The summed E-state index contributed by atoms with van der Waals surface area (Å²) in [6.07, 6.45) is 6.93. The predicted molar refractivity (Wildman–Crippen MR) is 140 cm³/mol. The molecule has 0 radical (unpaired) electrons. The van der Waals surface area contributed by atoms with Gasteiger partial charge in [-0.1, -0.05) is 11.2 Å². The normalized spacial score (nSPS) is 19.6. The van der Waals surface area contributed by atoms with Crippen molar-refractivity contribution in [2.24, 2.45) is 5.16 Å². The highest BCUT2D eigenvalue weighted by atomic mass is 19.1. The number of nitrogens with zero attached hydrogens (tertiary/aromatic N) is 5. The number of carbonyl (C=O) groups is 1. The van der Waals surface area contributed by atoms with Gasteiger partial charge in [0.05, 0.1) is 38.5 Å². The summed E-state index contributed by atoms with van der Waals surface area (Å²) < 4.78 is 26.3. The second-order valence-corrected chi connectivity index (χ2v) is 9.40. The van der Waals surface area contributed by atoms with Crippen molar-refractivity contribution in [1.82, 2.24) is 19.4 Å². The second-order valence-electron chi connectivity index (χ2n) is 9.40. The lowest BCUT2D eigenvalue weighted by Crippen LogP contribution is -2.55. The number of halogens is 1. The van der Waals surface area contributed by atoms with Crippen LogP contribution in [0.15, 0.2) is 65.7 Å². The van der Waals surface area contributed by atoms with E-state index in [0.29, 0.717) is 17.9 Å². The smallest absolute Gasteiger partial charge is 0.409 e. The van der Waals surface area contributed by atoms with Crippen molar-refractivity contribution in [1.29, 1.82) is 0 Å². The summed E-state index contributed by atoms with van der Waals surface area (Å²) in [5.74, 6) is 1.05. The molecular formula is C28H30FN5O4. The van der Waals surface area contributed by atoms with Crippen molar-refractivity contribution in [3.63, 3.8) is 0 Å². The van der Waals surface area contributed by atoms with Gasteiger partial charge in [-0.25, -0.2) is 14.2 Å². The largest absolute Gasteiger partial charge is 0.495 e. The van der Waals surface area contributed by atoms with Gasteiger partial charge >= 0.3 is 6.09 Å². The van der Waals surface area contributed by atoms with Crippen molar-refractivity contribution in [2.45, 2.75) is 25.5 Å². The lowest BCUT2D eigenvalue weighted by Gasteiger charge is -2.41. The highest BCUT2D eigenvalue weighted by Gasteiger charge is 2.51. The minimum atomic E-state index is -1.12. The average Bonchev–Trinajstić information content (AvgIpc) is 3.53. The van der Waals surface area contributed by atoms with Crippen molar-refractivity contribution >= 4 is 18.0 Å². The maximum absolute atomic E-state index is 13.8. The average molecular weight is 520 g/mol. The first-order valence-electron chi connectivity index (χ1n) is 12.3. The van der Waals surface area contributed by atoms with Gasteiger partial charge in [0.1, 0.15) is 11.6 Å². The van der Waals surface area contributed by atoms with Crippen molar-refractivity contribution in [3.8, 4) is 11.4 Å². The summed E-state index contributed by atoms with van der Waals surface area (Å²) in [7, 11) is 4.61. The number of rotatable bonds is 6. The number of amides is 1. The zero-order valence-corrected chi connectivity index (χ0v) is 21.8. The van der Waals surface area contributed by atoms with Crippen LogP contribution in [0.1, 0.15) is 29.7 Å². The standard InChI is InChI=1S/C28H30FN5O4/c1-19-16-33(18-30-19)24-12-7-20(15-25(24)36-3)14-21-6-5-13-34-26(21)31-38-28(34,17-32(2)27(35)37-4)22-8-10-23(29)11-9-22/h7-12,14-16,18H,5-6,13,17H2,1-4H3/b21-14+/t28-/m1/s1. The Labute approximate surface area is 220 Å². The third-order valence-electron chi connectivity index (χ3n) is 6.86. The molecule has 3 aromatic rings. The number of aromatic nitrogens is 2. The molecule has 2 aliphatic heterocycles. The lowest BCUT2D eigenvalue weighted by atomic mass is 9.94. The lowest BCUT2D eigenvalue weighted by molar-refractivity contribution is -0.118. The van der Waals surface area contributed by atoms with E-state index in [1.54, 1.807) is 32.6 Å². The number of aryl methyl sites for hydroxylation is 1. The SMILES string of the molecule is COC(=O)N(C)C[C@]1(c2ccc(F)cc2)ON=C2/C(=C/c3ccc(-n4cnc(C)c4)c(OC)c3)CCCN21. The van der Waals surface area contributed by atoms with Gasteiger partial charge in [0.25, 0.3) is 5.72 Å². The summed E-state index contributed by atoms with van der Waals surface area (Å²) >= 11 is 0. The van der Waals surface area contributed by atoms with Crippen LogP contribution < -0.4 is 4.74 Å². The second kappa shape index (κ2) is 10.2. The Bertz CT molecular complexity index is 1400. The van der Waals surface area contributed by atoms with Gasteiger partial charge in [-0.15, -0.1) is 0 Å². The van der Waals surface area contributed by atoms with Crippen LogP contribution in [0.5, 0.6) is 5.75 Å². The minimum Gasteiger partial charge on any atom is -0.495 e. The first-order chi connectivity index (χ1) is 18.3. The van der Waals surface area contributed by atoms with Gasteiger partial charge in [-0.05, 0) is 73.4 Å². The number of imidazole rings is 1. The number of carbonyl (C=O) groups excluding carboxylic acids is 1. The maximum Gasteiger partial charge on any atom is 0.409 e. The fourth-order valence-electron chi connectivity index (χ4n) is 5.00. The molecule has 0 bridgehead atoms. The van der Waals surface area contributed by atoms with E-state index in [-0.39, 0.29) is 12.4 Å². The van der Waals surface area contributed by atoms with Crippen LogP contribution in [0.4, 0.5) is 9.18 Å². The van der Waals surface area contributed by atoms with Gasteiger partial charge in [0.2, 0.25) is 0 Å². The van der Waals surface area contributed by atoms with Gasteiger partial charge < -0.3 is 28.7 Å². The highest BCUT2D eigenvalue weighted by Crippen LogP contribution is 2.41. The number of likely N-dealkylation sites (N-methyl/N-ethyl adjacent to an activating group) is 1. The van der Waals surface area contributed by atoms with Gasteiger partial charge in [-0.2, -0.15) is 0 Å². The minimum absolute atomic E-state index is 0.137. The zero-order valence-electron chi connectivity index (χ0n) is 21.8. The van der Waals surface area contributed by atoms with Crippen LogP contribution in [-0.4, -0.2) is 65.6 Å². The predicted octanol–water partition coefficient (Wildman–Crippen LogP) is 4.70. The molecular weight excluding hydrogens is 489 g/mol. The quantitative estimate of drug-likeness (QED) is 0.470. The summed E-state index contributed by atoms with van der Waals surface area (Å²) in [6.45, 7) is 2.74. The fraction of sp³-hybridized carbons (Fsp3) is 0.321. The molecule has 198 valence electrons. The Balaban J connectivity index is 1.49. The third-order valence-corrected chi connectivity index (χ3v) is 6.86. The van der Waals surface area contributed by atoms with E-state index in [0.717, 1.165) is 41.1 Å². The van der Waals surface area contributed by atoms with E-state index >= 15 is 0 Å². The Hall–Kier alpha value is -4.34. The maximum atomic E-state index is 13.8. The van der Waals surface area contributed by atoms with Crippen molar-refractivity contribution < 1.29 is 23.5 Å². The molecule has 1 amide bonds. The molecule has 9 nitrogen and oxygen atoms in total. The summed E-state index contributed by atoms with van der Waals surface area (Å²) in [4.78, 5) is 26.2. The number of fused-ring (bicyclic) bond motifs is 1. The zero-order chi connectivity index (χ0) is 26.9. The summed E-state index contributed by atoms with van der Waals surface area (Å²) in [6, 6.07) is 12.1. The molecule has 2 aliphatic rings. The molecule has 5 rings (SSSR count).